The van der Waals surface area contributed by atoms with Crippen molar-refractivity contribution in [3.8, 4) is 0 Å². The highest BCUT2D eigenvalue weighted by molar-refractivity contribution is 5.84. The highest BCUT2D eigenvalue weighted by Crippen LogP contribution is 2.30. The summed E-state index contributed by atoms with van der Waals surface area (Å²) in [6.45, 7) is 10.7. The van der Waals surface area contributed by atoms with Crippen molar-refractivity contribution < 1.29 is 24.5 Å². The number of Topliss-reactive ketones (excluding diaryl/α,β-unsaturated/α-hetero) is 1. The minimum absolute atomic E-state index is 0.0603. The molecule has 1 aliphatic rings. The normalized spacial score (nSPS) is 44.2. The van der Waals surface area contributed by atoms with E-state index in [9.17, 15) is 19.8 Å². The molecule has 1 heterocycles. The van der Waals surface area contributed by atoms with Gasteiger partial charge in [-0.25, -0.2) is 0 Å². The van der Waals surface area contributed by atoms with Gasteiger partial charge < -0.3 is 14.9 Å². The Morgan fingerprint density at radius 1 is 1.00 bits per heavy atom. The second-order valence-electron chi connectivity index (χ2n) is 7.32. The lowest BCUT2D eigenvalue weighted by Crippen LogP contribution is -2.44. The molecule has 5 heteroatoms. The third-order valence-corrected chi connectivity index (χ3v) is 5.43. The highest BCUT2D eigenvalue weighted by atomic mass is 16.5. The number of carbonyl (C=O) groups excluding carboxylic acids is 2. The fourth-order valence-corrected chi connectivity index (χ4v) is 3.56. The average Bonchev–Trinajstić information content (AvgIpc) is 2.54. The van der Waals surface area contributed by atoms with Crippen molar-refractivity contribution in [3.05, 3.63) is 0 Å². The van der Waals surface area contributed by atoms with E-state index in [1.54, 1.807) is 20.8 Å². The van der Waals surface area contributed by atoms with Crippen LogP contribution in [0.4, 0.5) is 0 Å². The number of carbonyl (C=O) groups is 2. The summed E-state index contributed by atoms with van der Waals surface area (Å²) in [5, 5.41) is 20.9. The van der Waals surface area contributed by atoms with Crippen LogP contribution in [0.2, 0.25) is 0 Å². The molecule has 8 unspecified atom stereocenters. The molecule has 0 spiro atoms. The Kier molecular flexibility index (Phi) is 7.21. The lowest BCUT2D eigenvalue weighted by molar-refractivity contribution is -0.165. The summed E-state index contributed by atoms with van der Waals surface area (Å²) in [5.74, 6) is -2.39. The van der Waals surface area contributed by atoms with E-state index in [1.807, 2.05) is 20.8 Å². The Hall–Kier alpha value is -0.940. The number of aliphatic hydroxyl groups excluding tert-OH is 2. The van der Waals surface area contributed by atoms with E-state index in [0.29, 0.717) is 12.8 Å². The number of esters is 1. The second kappa shape index (κ2) is 8.25. The largest absolute Gasteiger partial charge is 0.461 e. The number of cyclic esters (lactones) is 1. The molecule has 5 nitrogen and oxygen atoms in total. The van der Waals surface area contributed by atoms with Gasteiger partial charge in [0.2, 0.25) is 0 Å². The molecule has 0 aromatic rings. The van der Waals surface area contributed by atoms with E-state index in [2.05, 4.69) is 0 Å². The van der Waals surface area contributed by atoms with Crippen LogP contribution in [0.25, 0.3) is 0 Å². The summed E-state index contributed by atoms with van der Waals surface area (Å²) in [5.41, 5.74) is 0. The maximum atomic E-state index is 12.6. The third-order valence-electron chi connectivity index (χ3n) is 5.43. The van der Waals surface area contributed by atoms with Gasteiger partial charge in [-0.2, -0.15) is 0 Å². The molecule has 23 heavy (non-hydrogen) atoms. The number of rotatable bonds is 1. The maximum absolute atomic E-state index is 12.6. The Morgan fingerprint density at radius 2 is 1.57 bits per heavy atom. The zero-order valence-corrected chi connectivity index (χ0v) is 15.2. The third kappa shape index (κ3) is 4.54. The van der Waals surface area contributed by atoms with Gasteiger partial charge in [0.05, 0.1) is 24.0 Å². The molecule has 0 bridgehead atoms. The van der Waals surface area contributed by atoms with Gasteiger partial charge in [0.25, 0.3) is 0 Å². The molecule has 0 aromatic heterocycles. The molecule has 1 aliphatic heterocycles. The summed E-state index contributed by atoms with van der Waals surface area (Å²) >= 11 is 0. The van der Waals surface area contributed by atoms with Crippen molar-refractivity contribution in [1.82, 2.24) is 0 Å². The molecular formula is C18H32O5. The summed E-state index contributed by atoms with van der Waals surface area (Å²) < 4.78 is 5.50. The minimum atomic E-state index is -0.974. The summed E-state index contributed by atoms with van der Waals surface area (Å²) in [6, 6.07) is 0. The Morgan fingerprint density at radius 3 is 2.09 bits per heavy atom. The second-order valence-corrected chi connectivity index (χ2v) is 7.32. The van der Waals surface area contributed by atoms with E-state index in [4.69, 9.17) is 4.74 Å². The number of ketones is 1. The van der Waals surface area contributed by atoms with Crippen molar-refractivity contribution in [3.63, 3.8) is 0 Å². The maximum Gasteiger partial charge on any atom is 0.311 e. The Balaban J connectivity index is 3.13. The SMILES string of the molecule is CCC1OC(=O)C(C)C(O)C(C)C(O)C(C)CC(C)C(=O)C1C. The number of hydrogen-bond donors (Lipinski definition) is 2. The molecule has 0 aromatic carbocycles. The lowest BCUT2D eigenvalue weighted by Gasteiger charge is -2.34. The molecule has 0 aliphatic carbocycles. The predicted octanol–water partition coefficient (Wildman–Crippen LogP) is 2.18. The Bertz CT molecular complexity index is 422. The lowest BCUT2D eigenvalue weighted by atomic mass is 9.78. The van der Waals surface area contributed by atoms with Crippen LogP contribution < -0.4 is 0 Å². The first-order valence-corrected chi connectivity index (χ1v) is 8.72. The first kappa shape index (κ1) is 20.1. The van der Waals surface area contributed by atoms with Crippen LogP contribution >= 0.6 is 0 Å². The molecule has 2 N–H and O–H groups in total. The van der Waals surface area contributed by atoms with Crippen LogP contribution in [0, 0.1) is 29.6 Å². The zero-order valence-electron chi connectivity index (χ0n) is 15.2. The fourth-order valence-electron chi connectivity index (χ4n) is 3.56. The molecule has 134 valence electrons. The molecule has 1 saturated heterocycles. The van der Waals surface area contributed by atoms with Crippen molar-refractivity contribution in [2.75, 3.05) is 0 Å². The quantitative estimate of drug-likeness (QED) is 0.721. The Labute approximate surface area is 139 Å². The van der Waals surface area contributed by atoms with Gasteiger partial charge in [0.1, 0.15) is 11.9 Å². The van der Waals surface area contributed by atoms with Crippen LogP contribution in [0.5, 0.6) is 0 Å². The smallest absolute Gasteiger partial charge is 0.311 e. The van der Waals surface area contributed by atoms with Crippen LogP contribution in [0.1, 0.15) is 54.4 Å². The zero-order chi connectivity index (χ0) is 17.9. The summed E-state index contributed by atoms with van der Waals surface area (Å²) in [7, 11) is 0. The molecule has 1 fully saturated rings. The van der Waals surface area contributed by atoms with Crippen molar-refractivity contribution in [2.24, 2.45) is 29.6 Å². The van der Waals surface area contributed by atoms with E-state index in [1.165, 1.54) is 0 Å². The highest BCUT2D eigenvalue weighted by Gasteiger charge is 2.38. The van der Waals surface area contributed by atoms with Crippen LogP contribution in [-0.2, 0) is 14.3 Å². The van der Waals surface area contributed by atoms with Gasteiger partial charge in [-0.3, -0.25) is 9.59 Å². The molecule has 0 radical (unpaired) electrons. The minimum Gasteiger partial charge on any atom is -0.461 e. The van der Waals surface area contributed by atoms with Gasteiger partial charge in [-0.05, 0) is 25.7 Å². The summed E-state index contributed by atoms with van der Waals surface area (Å²) in [6.07, 6.45) is -1.10. The monoisotopic (exact) mass is 328 g/mol. The van der Waals surface area contributed by atoms with E-state index >= 15 is 0 Å². The van der Waals surface area contributed by atoms with E-state index in [0.717, 1.165) is 0 Å². The van der Waals surface area contributed by atoms with Crippen LogP contribution in [0.15, 0.2) is 0 Å². The first-order valence-electron chi connectivity index (χ1n) is 8.72. The van der Waals surface area contributed by atoms with Crippen LogP contribution in [-0.4, -0.2) is 40.3 Å². The average molecular weight is 328 g/mol. The fraction of sp³-hybridized carbons (Fsp3) is 0.889. The van der Waals surface area contributed by atoms with E-state index < -0.39 is 36.1 Å². The number of hydrogen-bond acceptors (Lipinski definition) is 5. The van der Waals surface area contributed by atoms with Gasteiger partial charge in [-0.15, -0.1) is 0 Å². The van der Waals surface area contributed by atoms with Gasteiger partial charge in [-0.1, -0.05) is 34.6 Å². The van der Waals surface area contributed by atoms with Crippen molar-refractivity contribution in [2.45, 2.75) is 72.7 Å². The topological polar surface area (TPSA) is 83.8 Å². The van der Waals surface area contributed by atoms with Crippen LogP contribution in [0.3, 0.4) is 0 Å². The molecule has 1 rings (SSSR count). The van der Waals surface area contributed by atoms with Crippen molar-refractivity contribution >= 4 is 11.8 Å². The van der Waals surface area contributed by atoms with Gasteiger partial charge in [0, 0.05) is 11.8 Å². The molecule has 8 atom stereocenters. The predicted molar refractivity (Wildman–Crippen MR) is 87.6 cm³/mol. The van der Waals surface area contributed by atoms with Gasteiger partial charge in [0.15, 0.2) is 0 Å². The summed E-state index contributed by atoms with van der Waals surface area (Å²) in [4.78, 5) is 24.9. The van der Waals surface area contributed by atoms with Gasteiger partial charge >= 0.3 is 5.97 Å². The number of ether oxygens (including phenoxy) is 1. The molecular weight excluding hydrogens is 296 g/mol. The molecule has 0 saturated carbocycles. The molecule has 0 amide bonds. The van der Waals surface area contributed by atoms with Crippen molar-refractivity contribution in [1.29, 1.82) is 0 Å². The first-order chi connectivity index (χ1) is 10.6. The number of aliphatic hydroxyl groups is 2. The standard InChI is InChI=1S/C18H32O5/c1-7-14-11(4)15(19)9(2)8-10(3)16(20)12(5)17(21)13(6)18(22)23-14/h9-14,16-17,20-21H,7-8H2,1-6H3. The van der Waals surface area contributed by atoms with E-state index in [-0.39, 0.29) is 23.5 Å².